The topological polar surface area (TPSA) is 35.2 Å². The molecule has 2 N–H and O–H groups in total. The van der Waals surface area contributed by atoms with Gasteiger partial charge in [0.05, 0.1) is 16.6 Å². The van der Waals surface area contributed by atoms with Gasteiger partial charge in [-0.15, -0.1) is 0 Å². The Hall–Kier alpha value is -0.590. The first-order chi connectivity index (χ1) is 6.07. The highest BCUT2D eigenvalue weighted by molar-refractivity contribution is 9.10. The molecule has 0 amide bonds. The molecule has 6 heteroatoms. The zero-order valence-electron chi connectivity index (χ0n) is 6.28. The molecule has 1 aromatic carbocycles. The summed E-state index contributed by atoms with van der Waals surface area (Å²) in [6.07, 6.45) is 0. The number of hydrogen-bond acceptors (Lipinski definition) is 2. The normalized spacial score (nSPS) is 10.5. The van der Waals surface area contributed by atoms with Crippen LogP contribution in [-0.2, 0) is 11.4 Å². The van der Waals surface area contributed by atoms with Crippen molar-refractivity contribution >= 4 is 15.9 Å². The van der Waals surface area contributed by atoms with E-state index in [2.05, 4.69) is 26.7 Å². The molecule has 0 aliphatic carbocycles. The number of rotatable bonds is 2. The molecule has 0 radical (unpaired) electrons. The maximum atomic E-state index is 13.0. The molecule has 1 aromatic rings. The van der Waals surface area contributed by atoms with Crippen LogP contribution in [-0.4, -0.2) is 0 Å². The molecule has 0 aliphatic rings. The third kappa shape index (κ3) is 2.01. The number of benzene rings is 1. The second-order valence-electron chi connectivity index (χ2n) is 2.26. The Kier molecular flexibility index (Phi) is 3.29. The van der Waals surface area contributed by atoms with Crippen molar-refractivity contribution in [1.29, 1.82) is 0 Å². The first-order valence-electron chi connectivity index (χ1n) is 3.21. The van der Waals surface area contributed by atoms with E-state index in [1.807, 2.05) is 0 Å². The summed E-state index contributed by atoms with van der Waals surface area (Å²) in [6, 6.07) is 0.699. The zero-order valence-corrected chi connectivity index (χ0v) is 7.87. The summed E-state index contributed by atoms with van der Waals surface area (Å²) in [6.45, 7) is -0.520. The smallest absolute Gasteiger partial charge is 0.167 e. The predicted molar refractivity (Wildman–Crippen MR) is 43.0 cm³/mol. The van der Waals surface area contributed by atoms with Crippen LogP contribution in [0.4, 0.5) is 13.2 Å². The van der Waals surface area contributed by atoms with Gasteiger partial charge in [-0.25, -0.2) is 19.1 Å². The van der Waals surface area contributed by atoms with Gasteiger partial charge in [0.25, 0.3) is 0 Å². The van der Waals surface area contributed by atoms with Crippen LogP contribution in [0.3, 0.4) is 0 Å². The lowest BCUT2D eigenvalue weighted by Gasteiger charge is -2.05. The van der Waals surface area contributed by atoms with Gasteiger partial charge in [0, 0.05) is 0 Å². The summed E-state index contributed by atoms with van der Waals surface area (Å²) in [5, 5.41) is 0. The van der Waals surface area contributed by atoms with E-state index in [1.54, 1.807) is 0 Å². The van der Waals surface area contributed by atoms with Gasteiger partial charge in [0.1, 0.15) is 5.82 Å². The van der Waals surface area contributed by atoms with E-state index in [-0.39, 0.29) is 4.47 Å². The molecule has 72 valence electrons. The van der Waals surface area contributed by atoms with Crippen LogP contribution in [0.25, 0.3) is 0 Å². The fourth-order valence-corrected chi connectivity index (χ4v) is 1.27. The molecule has 13 heavy (non-hydrogen) atoms. The molecule has 0 atom stereocenters. The SMILES string of the molecule is NOCc1c(F)c(F)cc(Br)c1F. The molecule has 0 spiro atoms. The third-order valence-electron chi connectivity index (χ3n) is 1.43. The standard InChI is InChI=1S/C7H5BrF3NO/c8-4-1-5(9)7(11)3(2-13-12)6(4)10/h1H,2,12H2. The van der Waals surface area contributed by atoms with Crippen LogP contribution in [0, 0.1) is 17.5 Å². The predicted octanol–water partition coefficient (Wildman–Crippen LogP) is 2.26. The third-order valence-corrected chi connectivity index (χ3v) is 2.01. The molecule has 0 saturated heterocycles. The molecule has 0 fully saturated rings. The largest absolute Gasteiger partial charge is 0.300 e. The summed E-state index contributed by atoms with van der Waals surface area (Å²) in [7, 11) is 0. The fourth-order valence-electron chi connectivity index (χ4n) is 0.833. The Morgan fingerprint density at radius 1 is 1.31 bits per heavy atom. The minimum atomic E-state index is -1.29. The highest BCUT2D eigenvalue weighted by Gasteiger charge is 2.17. The summed E-state index contributed by atoms with van der Waals surface area (Å²) in [5.41, 5.74) is -0.533. The van der Waals surface area contributed by atoms with Crippen molar-refractivity contribution < 1.29 is 18.0 Å². The van der Waals surface area contributed by atoms with Crippen molar-refractivity contribution in [2.24, 2.45) is 5.90 Å². The number of halogens is 4. The highest BCUT2D eigenvalue weighted by atomic mass is 79.9. The van der Waals surface area contributed by atoms with Crippen molar-refractivity contribution in [3.63, 3.8) is 0 Å². The molecule has 0 heterocycles. The molecule has 0 saturated carbocycles. The van der Waals surface area contributed by atoms with Gasteiger partial charge in [0.15, 0.2) is 11.6 Å². The van der Waals surface area contributed by atoms with Gasteiger partial charge in [-0.3, -0.25) is 4.84 Å². The zero-order chi connectivity index (χ0) is 10.0. The quantitative estimate of drug-likeness (QED) is 0.650. The van der Waals surface area contributed by atoms with Crippen LogP contribution in [0.15, 0.2) is 10.5 Å². The second-order valence-corrected chi connectivity index (χ2v) is 3.11. The van der Waals surface area contributed by atoms with Crippen molar-refractivity contribution in [2.45, 2.75) is 6.61 Å². The monoisotopic (exact) mass is 255 g/mol. The average molecular weight is 256 g/mol. The van der Waals surface area contributed by atoms with Gasteiger partial charge >= 0.3 is 0 Å². The van der Waals surface area contributed by atoms with E-state index >= 15 is 0 Å². The van der Waals surface area contributed by atoms with E-state index < -0.39 is 29.6 Å². The van der Waals surface area contributed by atoms with E-state index in [1.165, 1.54) is 0 Å². The molecule has 0 aliphatic heterocycles. The Bertz CT molecular complexity index is 306. The Morgan fingerprint density at radius 3 is 2.46 bits per heavy atom. The minimum absolute atomic E-state index is 0.168. The highest BCUT2D eigenvalue weighted by Crippen LogP contribution is 2.24. The molecule has 0 bridgehead atoms. The van der Waals surface area contributed by atoms with E-state index in [9.17, 15) is 13.2 Å². The van der Waals surface area contributed by atoms with Crippen molar-refractivity contribution in [1.82, 2.24) is 0 Å². The van der Waals surface area contributed by atoms with E-state index in [4.69, 9.17) is 0 Å². The Balaban J connectivity index is 3.28. The lowest BCUT2D eigenvalue weighted by Crippen LogP contribution is -2.06. The molecule has 0 aromatic heterocycles. The van der Waals surface area contributed by atoms with Crippen LogP contribution in [0.1, 0.15) is 5.56 Å². The summed E-state index contributed by atoms with van der Waals surface area (Å²) >= 11 is 2.72. The van der Waals surface area contributed by atoms with Gasteiger partial charge in [-0.1, -0.05) is 0 Å². The van der Waals surface area contributed by atoms with Crippen LogP contribution >= 0.6 is 15.9 Å². The first kappa shape index (κ1) is 10.5. The fraction of sp³-hybridized carbons (Fsp3) is 0.143. The first-order valence-corrected chi connectivity index (χ1v) is 4.00. The second kappa shape index (κ2) is 4.08. The molecule has 1 rings (SSSR count). The maximum absolute atomic E-state index is 13.0. The average Bonchev–Trinajstić information content (AvgIpc) is 2.09. The van der Waals surface area contributed by atoms with Crippen LogP contribution in [0.2, 0.25) is 0 Å². The Labute approximate surface area is 80.6 Å². The van der Waals surface area contributed by atoms with E-state index in [0.717, 1.165) is 0 Å². The molecule has 2 nitrogen and oxygen atoms in total. The van der Waals surface area contributed by atoms with Crippen LogP contribution < -0.4 is 5.90 Å². The maximum Gasteiger partial charge on any atom is 0.167 e. The Morgan fingerprint density at radius 2 is 1.92 bits per heavy atom. The summed E-state index contributed by atoms with van der Waals surface area (Å²) in [4.78, 5) is 4.03. The van der Waals surface area contributed by atoms with E-state index in [0.29, 0.717) is 6.07 Å². The lowest BCUT2D eigenvalue weighted by molar-refractivity contribution is 0.118. The minimum Gasteiger partial charge on any atom is -0.300 e. The molecule has 0 unspecified atom stereocenters. The van der Waals surface area contributed by atoms with Gasteiger partial charge < -0.3 is 0 Å². The molecular weight excluding hydrogens is 251 g/mol. The van der Waals surface area contributed by atoms with Gasteiger partial charge in [-0.05, 0) is 22.0 Å². The van der Waals surface area contributed by atoms with Crippen LogP contribution in [0.5, 0.6) is 0 Å². The number of nitrogens with two attached hydrogens (primary N) is 1. The van der Waals surface area contributed by atoms with Crippen molar-refractivity contribution in [3.8, 4) is 0 Å². The summed E-state index contributed by atoms with van der Waals surface area (Å²) < 4.78 is 38.4. The van der Waals surface area contributed by atoms with Crippen molar-refractivity contribution in [3.05, 3.63) is 33.6 Å². The van der Waals surface area contributed by atoms with Gasteiger partial charge in [0.2, 0.25) is 0 Å². The summed E-state index contributed by atoms with van der Waals surface area (Å²) in [5.74, 6) is 1.28. The lowest BCUT2D eigenvalue weighted by atomic mass is 10.2. The van der Waals surface area contributed by atoms with Crippen molar-refractivity contribution in [2.75, 3.05) is 0 Å². The number of hydrogen-bond donors (Lipinski definition) is 1. The molecular formula is C7H5BrF3NO. The van der Waals surface area contributed by atoms with Gasteiger partial charge in [-0.2, -0.15) is 0 Å².